The molecule has 0 heterocycles. The maximum atomic E-state index is 10.3. The van der Waals surface area contributed by atoms with Crippen LogP contribution in [-0.4, -0.2) is 16.8 Å². The van der Waals surface area contributed by atoms with Gasteiger partial charge in [-0.05, 0) is 12.5 Å². The number of carbonyl (C=O) groups is 1. The van der Waals surface area contributed by atoms with Gasteiger partial charge < -0.3 is 5.11 Å². The Balaban J connectivity index is 2.36. The molecule has 0 aromatic heterocycles. The molecule has 76 valence electrons. The van der Waals surface area contributed by atoms with Crippen LogP contribution < -0.4 is 0 Å². The van der Waals surface area contributed by atoms with E-state index in [2.05, 4.69) is 19.1 Å². The molecular weight excluding hydrogens is 196 g/mol. The highest BCUT2D eigenvalue weighted by atomic mass is 32.2. The van der Waals surface area contributed by atoms with Crippen LogP contribution in [0.1, 0.15) is 24.2 Å². The molecule has 0 saturated carbocycles. The first kappa shape index (κ1) is 11.1. The molecule has 0 saturated heterocycles. The molecule has 0 amide bonds. The predicted octanol–water partition coefficient (Wildman–Crippen LogP) is 2.96. The molecule has 1 atom stereocenters. The van der Waals surface area contributed by atoms with Crippen molar-refractivity contribution < 1.29 is 9.90 Å². The van der Waals surface area contributed by atoms with Gasteiger partial charge in [0.05, 0.1) is 6.42 Å². The van der Waals surface area contributed by atoms with Crippen LogP contribution in [0.4, 0.5) is 0 Å². The fourth-order valence-electron chi connectivity index (χ4n) is 1.14. The van der Waals surface area contributed by atoms with Crippen molar-refractivity contribution in [3.8, 4) is 0 Å². The van der Waals surface area contributed by atoms with E-state index in [1.54, 1.807) is 11.8 Å². The minimum atomic E-state index is -0.724. The minimum absolute atomic E-state index is 0.238. The van der Waals surface area contributed by atoms with Crippen LogP contribution in [0.5, 0.6) is 0 Å². The van der Waals surface area contributed by atoms with E-state index in [-0.39, 0.29) is 6.42 Å². The lowest BCUT2D eigenvalue weighted by atomic mass is 10.2. The molecule has 1 rings (SSSR count). The number of aliphatic carboxylic acids is 1. The van der Waals surface area contributed by atoms with Crippen LogP contribution >= 0.6 is 11.8 Å². The molecule has 14 heavy (non-hydrogen) atoms. The van der Waals surface area contributed by atoms with Crippen molar-refractivity contribution >= 4 is 17.7 Å². The fourth-order valence-corrected chi connectivity index (χ4v) is 2.14. The number of carboxylic acid groups (broad SMARTS) is 1. The second-order valence-electron chi connectivity index (χ2n) is 3.07. The Hall–Kier alpha value is -0.960. The van der Waals surface area contributed by atoms with Gasteiger partial charge in [-0.3, -0.25) is 4.79 Å². The topological polar surface area (TPSA) is 37.3 Å². The standard InChI is InChI=1S/C11H14O2S/c1-9(14-8-7-11(12)13)10-5-3-2-4-6-10/h2-6,9H,7-8H2,1H3,(H,12,13). The van der Waals surface area contributed by atoms with Gasteiger partial charge >= 0.3 is 5.97 Å². The summed E-state index contributed by atoms with van der Waals surface area (Å²) in [5.74, 6) is -0.0523. The third-order valence-electron chi connectivity index (χ3n) is 1.95. The molecule has 0 radical (unpaired) electrons. The van der Waals surface area contributed by atoms with Gasteiger partial charge in [0, 0.05) is 11.0 Å². The van der Waals surface area contributed by atoms with Crippen LogP contribution in [0.3, 0.4) is 0 Å². The number of benzene rings is 1. The van der Waals surface area contributed by atoms with E-state index >= 15 is 0 Å². The second kappa shape index (κ2) is 5.70. The zero-order valence-corrected chi connectivity index (χ0v) is 8.96. The third-order valence-corrected chi connectivity index (χ3v) is 3.16. The number of rotatable bonds is 5. The van der Waals surface area contributed by atoms with Gasteiger partial charge in [-0.1, -0.05) is 30.3 Å². The molecule has 2 nitrogen and oxygen atoms in total. The van der Waals surface area contributed by atoms with Gasteiger partial charge in [0.15, 0.2) is 0 Å². The highest BCUT2D eigenvalue weighted by Crippen LogP contribution is 2.27. The monoisotopic (exact) mass is 210 g/mol. The molecule has 1 aromatic rings. The second-order valence-corrected chi connectivity index (χ2v) is 4.52. The van der Waals surface area contributed by atoms with Gasteiger partial charge in [0.1, 0.15) is 0 Å². The van der Waals surface area contributed by atoms with Gasteiger partial charge in [0.25, 0.3) is 0 Å². The first-order chi connectivity index (χ1) is 6.70. The lowest BCUT2D eigenvalue weighted by Crippen LogP contribution is -1.97. The van der Waals surface area contributed by atoms with E-state index in [0.29, 0.717) is 11.0 Å². The van der Waals surface area contributed by atoms with Gasteiger partial charge in [0.2, 0.25) is 0 Å². The summed E-state index contributed by atoms with van der Waals surface area (Å²) in [7, 11) is 0. The number of hydrogen-bond donors (Lipinski definition) is 1. The molecule has 1 N–H and O–H groups in total. The fraction of sp³-hybridized carbons (Fsp3) is 0.364. The zero-order chi connectivity index (χ0) is 10.4. The van der Waals surface area contributed by atoms with E-state index in [4.69, 9.17) is 5.11 Å². The molecule has 1 unspecified atom stereocenters. The number of carboxylic acids is 1. The quantitative estimate of drug-likeness (QED) is 0.811. The molecular formula is C11H14O2S. The van der Waals surface area contributed by atoms with Crippen LogP contribution in [0.2, 0.25) is 0 Å². The summed E-state index contributed by atoms with van der Waals surface area (Å²) in [6.45, 7) is 2.10. The predicted molar refractivity (Wildman–Crippen MR) is 59.6 cm³/mol. The van der Waals surface area contributed by atoms with Crippen LogP contribution in [-0.2, 0) is 4.79 Å². The summed E-state index contributed by atoms with van der Waals surface area (Å²) in [5, 5.41) is 8.85. The Morgan fingerprint density at radius 3 is 2.64 bits per heavy atom. The normalized spacial score (nSPS) is 12.4. The zero-order valence-electron chi connectivity index (χ0n) is 8.14. The van der Waals surface area contributed by atoms with Crippen molar-refractivity contribution in [3.05, 3.63) is 35.9 Å². The first-order valence-corrected chi connectivity index (χ1v) is 5.63. The number of hydrogen-bond acceptors (Lipinski definition) is 2. The average Bonchev–Trinajstić information content (AvgIpc) is 2.18. The minimum Gasteiger partial charge on any atom is -0.481 e. The summed E-state index contributed by atoms with van der Waals surface area (Å²) < 4.78 is 0. The van der Waals surface area contributed by atoms with Crippen molar-refractivity contribution in [2.24, 2.45) is 0 Å². The summed E-state index contributed by atoms with van der Waals surface area (Å²) >= 11 is 1.68. The van der Waals surface area contributed by atoms with Crippen molar-refractivity contribution in [1.82, 2.24) is 0 Å². The summed E-state index contributed by atoms with van der Waals surface area (Å²) in [6, 6.07) is 10.1. The van der Waals surface area contributed by atoms with E-state index in [1.807, 2.05) is 18.2 Å². The van der Waals surface area contributed by atoms with Gasteiger partial charge in [-0.25, -0.2) is 0 Å². The Morgan fingerprint density at radius 2 is 2.07 bits per heavy atom. The lowest BCUT2D eigenvalue weighted by molar-refractivity contribution is -0.136. The third kappa shape index (κ3) is 3.83. The highest BCUT2D eigenvalue weighted by Gasteiger charge is 2.05. The van der Waals surface area contributed by atoms with Gasteiger partial charge in [-0.2, -0.15) is 11.8 Å². The van der Waals surface area contributed by atoms with Gasteiger partial charge in [-0.15, -0.1) is 0 Å². The van der Waals surface area contributed by atoms with Crippen molar-refractivity contribution in [2.45, 2.75) is 18.6 Å². The molecule has 0 aliphatic carbocycles. The van der Waals surface area contributed by atoms with E-state index in [9.17, 15) is 4.79 Å². The van der Waals surface area contributed by atoms with Crippen molar-refractivity contribution in [3.63, 3.8) is 0 Å². The Kier molecular flexibility index (Phi) is 4.53. The molecule has 0 aliphatic rings. The Morgan fingerprint density at radius 1 is 1.43 bits per heavy atom. The Bertz CT molecular complexity index is 285. The van der Waals surface area contributed by atoms with E-state index in [0.717, 1.165) is 0 Å². The molecule has 0 fully saturated rings. The first-order valence-electron chi connectivity index (χ1n) is 4.58. The van der Waals surface area contributed by atoms with Crippen molar-refractivity contribution in [2.75, 3.05) is 5.75 Å². The van der Waals surface area contributed by atoms with Crippen LogP contribution in [0.15, 0.2) is 30.3 Å². The summed E-state index contributed by atoms with van der Waals surface area (Å²) in [5.41, 5.74) is 1.25. The molecule has 0 bridgehead atoms. The highest BCUT2D eigenvalue weighted by molar-refractivity contribution is 7.99. The van der Waals surface area contributed by atoms with Crippen LogP contribution in [0.25, 0.3) is 0 Å². The van der Waals surface area contributed by atoms with E-state index < -0.39 is 5.97 Å². The summed E-state index contributed by atoms with van der Waals surface area (Å²) in [6.07, 6.45) is 0.238. The molecule has 0 spiro atoms. The smallest absolute Gasteiger partial charge is 0.304 e. The average molecular weight is 210 g/mol. The van der Waals surface area contributed by atoms with E-state index in [1.165, 1.54) is 5.56 Å². The molecule has 3 heteroatoms. The molecule has 1 aromatic carbocycles. The maximum absolute atomic E-state index is 10.3. The summed E-state index contributed by atoms with van der Waals surface area (Å²) in [4.78, 5) is 10.3. The SMILES string of the molecule is CC(SCCC(=O)O)c1ccccc1. The Labute approximate surface area is 88.3 Å². The largest absolute Gasteiger partial charge is 0.481 e. The molecule has 0 aliphatic heterocycles. The lowest BCUT2D eigenvalue weighted by Gasteiger charge is -2.10. The number of thioether (sulfide) groups is 1. The van der Waals surface area contributed by atoms with Crippen LogP contribution in [0, 0.1) is 0 Å². The van der Waals surface area contributed by atoms with Crippen molar-refractivity contribution in [1.29, 1.82) is 0 Å². The maximum Gasteiger partial charge on any atom is 0.304 e.